The van der Waals surface area contributed by atoms with Crippen LogP contribution >= 0.6 is 0 Å². The van der Waals surface area contributed by atoms with Gasteiger partial charge in [0.1, 0.15) is 23.0 Å². The van der Waals surface area contributed by atoms with E-state index in [2.05, 4.69) is 13.2 Å². The second kappa shape index (κ2) is 5.31. The van der Waals surface area contributed by atoms with E-state index in [-0.39, 0.29) is 11.5 Å². The van der Waals surface area contributed by atoms with Gasteiger partial charge in [0.2, 0.25) is 0 Å². The van der Waals surface area contributed by atoms with Gasteiger partial charge in [-0.3, -0.25) is 0 Å². The van der Waals surface area contributed by atoms with Gasteiger partial charge in [-0.1, -0.05) is 25.3 Å². The molecular weight excluding hydrogens is 240 g/mol. The first kappa shape index (κ1) is 12.8. The minimum atomic E-state index is 0.153. The Bertz CT molecular complexity index is 574. The minimum absolute atomic E-state index is 0.153. The van der Waals surface area contributed by atoms with E-state index in [4.69, 9.17) is 4.74 Å². The van der Waals surface area contributed by atoms with Crippen LogP contribution in [0, 0.1) is 0 Å². The van der Waals surface area contributed by atoms with E-state index in [1.807, 2.05) is 0 Å². The number of hydrogen-bond donors (Lipinski definition) is 2. The van der Waals surface area contributed by atoms with Crippen LogP contribution in [0.25, 0.3) is 12.2 Å². The summed E-state index contributed by atoms with van der Waals surface area (Å²) >= 11 is 0. The molecule has 0 radical (unpaired) electrons. The van der Waals surface area contributed by atoms with Gasteiger partial charge in [-0.05, 0) is 36.4 Å². The molecule has 0 heterocycles. The lowest BCUT2D eigenvalue weighted by Gasteiger charge is -2.09. The molecule has 19 heavy (non-hydrogen) atoms. The average molecular weight is 254 g/mol. The Labute approximate surface area is 111 Å². The van der Waals surface area contributed by atoms with Gasteiger partial charge < -0.3 is 14.9 Å². The first-order valence-corrected chi connectivity index (χ1v) is 5.73. The number of rotatable bonds is 4. The molecule has 0 aromatic heterocycles. The molecule has 0 spiro atoms. The molecule has 0 atom stereocenters. The van der Waals surface area contributed by atoms with Crippen LogP contribution in [0.2, 0.25) is 0 Å². The minimum Gasteiger partial charge on any atom is -0.507 e. The standard InChI is InChI=1S/C16H14O3/c1-3-11-9-13(5-7-15(11)17)19-14-6-8-16(18)12(4-2)10-14/h3-10,17-18H,1-2H2. The quantitative estimate of drug-likeness (QED) is 0.860. The molecule has 0 aliphatic heterocycles. The van der Waals surface area contributed by atoms with Crippen molar-refractivity contribution in [2.24, 2.45) is 0 Å². The highest BCUT2D eigenvalue weighted by atomic mass is 16.5. The maximum absolute atomic E-state index is 9.55. The van der Waals surface area contributed by atoms with Crippen molar-refractivity contribution in [2.45, 2.75) is 0 Å². The fraction of sp³-hybridized carbons (Fsp3) is 0. The average Bonchev–Trinajstić information content (AvgIpc) is 2.43. The van der Waals surface area contributed by atoms with Crippen molar-refractivity contribution in [3.8, 4) is 23.0 Å². The van der Waals surface area contributed by atoms with Crippen molar-refractivity contribution in [1.29, 1.82) is 0 Å². The summed E-state index contributed by atoms with van der Waals surface area (Å²) in [5, 5.41) is 19.1. The molecule has 0 aliphatic rings. The zero-order valence-electron chi connectivity index (χ0n) is 10.3. The monoisotopic (exact) mass is 254 g/mol. The maximum atomic E-state index is 9.55. The third-order valence-electron chi connectivity index (χ3n) is 2.67. The number of phenols is 2. The molecule has 0 unspecified atom stereocenters. The highest BCUT2D eigenvalue weighted by molar-refractivity contribution is 5.59. The zero-order valence-corrected chi connectivity index (χ0v) is 10.3. The molecule has 2 aromatic carbocycles. The van der Waals surface area contributed by atoms with E-state index in [1.165, 1.54) is 0 Å². The van der Waals surface area contributed by atoms with Crippen LogP contribution in [0.3, 0.4) is 0 Å². The fourth-order valence-corrected chi connectivity index (χ4v) is 1.66. The van der Waals surface area contributed by atoms with Crippen molar-refractivity contribution in [1.82, 2.24) is 0 Å². The Morgan fingerprint density at radius 2 is 1.21 bits per heavy atom. The summed E-state index contributed by atoms with van der Waals surface area (Å²) in [5.74, 6) is 1.46. The van der Waals surface area contributed by atoms with Crippen molar-refractivity contribution >= 4 is 12.2 Å². The van der Waals surface area contributed by atoms with E-state index in [1.54, 1.807) is 48.6 Å². The Morgan fingerprint density at radius 1 is 0.789 bits per heavy atom. The molecule has 0 aliphatic carbocycles. The Balaban J connectivity index is 2.30. The van der Waals surface area contributed by atoms with Gasteiger partial charge in [0.05, 0.1) is 0 Å². The van der Waals surface area contributed by atoms with Crippen LogP contribution < -0.4 is 4.74 Å². The Hall–Kier alpha value is -2.68. The Morgan fingerprint density at radius 3 is 1.58 bits per heavy atom. The number of ether oxygens (including phenoxy) is 1. The lowest BCUT2D eigenvalue weighted by Crippen LogP contribution is -1.86. The summed E-state index contributed by atoms with van der Waals surface area (Å²) in [7, 11) is 0. The third kappa shape index (κ3) is 2.77. The summed E-state index contributed by atoms with van der Waals surface area (Å²) in [5.41, 5.74) is 1.19. The van der Waals surface area contributed by atoms with Crippen LogP contribution in [-0.4, -0.2) is 10.2 Å². The molecule has 3 nitrogen and oxygen atoms in total. The molecule has 0 amide bonds. The summed E-state index contributed by atoms with van der Waals surface area (Å²) < 4.78 is 5.66. The SMILES string of the molecule is C=Cc1cc(Oc2ccc(O)c(C=C)c2)ccc1O. The van der Waals surface area contributed by atoms with Crippen molar-refractivity contribution < 1.29 is 14.9 Å². The van der Waals surface area contributed by atoms with E-state index < -0.39 is 0 Å². The molecule has 96 valence electrons. The van der Waals surface area contributed by atoms with Crippen LogP contribution in [-0.2, 0) is 0 Å². The van der Waals surface area contributed by atoms with Crippen LogP contribution in [0.15, 0.2) is 49.6 Å². The molecule has 0 saturated carbocycles. The second-order valence-electron chi connectivity index (χ2n) is 3.95. The molecule has 0 bridgehead atoms. The number of aromatic hydroxyl groups is 2. The Kier molecular flexibility index (Phi) is 3.57. The summed E-state index contributed by atoms with van der Waals surface area (Å²) in [4.78, 5) is 0. The van der Waals surface area contributed by atoms with Crippen LogP contribution in [0.4, 0.5) is 0 Å². The molecule has 3 heteroatoms. The molecule has 0 saturated heterocycles. The molecule has 2 N–H and O–H groups in total. The molecular formula is C16H14O3. The molecule has 0 fully saturated rings. The summed E-state index contributed by atoms with van der Waals surface area (Å²) in [6.07, 6.45) is 3.10. The van der Waals surface area contributed by atoms with E-state index in [0.717, 1.165) is 0 Å². The van der Waals surface area contributed by atoms with Gasteiger partial charge in [0, 0.05) is 11.1 Å². The van der Waals surface area contributed by atoms with E-state index >= 15 is 0 Å². The lowest BCUT2D eigenvalue weighted by molar-refractivity contribution is 0.458. The van der Waals surface area contributed by atoms with Crippen molar-refractivity contribution in [3.05, 3.63) is 60.7 Å². The topological polar surface area (TPSA) is 49.7 Å². The summed E-state index contributed by atoms with van der Waals surface area (Å²) in [6.45, 7) is 7.23. The molecule has 2 rings (SSSR count). The highest BCUT2D eigenvalue weighted by Gasteiger charge is 2.04. The van der Waals surface area contributed by atoms with Crippen molar-refractivity contribution in [2.75, 3.05) is 0 Å². The van der Waals surface area contributed by atoms with Gasteiger partial charge in [-0.15, -0.1) is 0 Å². The van der Waals surface area contributed by atoms with E-state index in [0.29, 0.717) is 22.6 Å². The normalized spacial score (nSPS) is 9.89. The van der Waals surface area contributed by atoms with Gasteiger partial charge in [-0.25, -0.2) is 0 Å². The zero-order chi connectivity index (χ0) is 13.8. The predicted molar refractivity (Wildman–Crippen MR) is 76.5 cm³/mol. The highest BCUT2D eigenvalue weighted by Crippen LogP contribution is 2.30. The van der Waals surface area contributed by atoms with Gasteiger partial charge >= 0.3 is 0 Å². The largest absolute Gasteiger partial charge is 0.507 e. The number of benzene rings is 2. The second-order valence-corrected chi connectivity index (χ2v) is 3.95. The van der Waals surface area contributed by atoms with Crippen molar-refractivity contribution in [3.63, 3.8) is 0 Å². The van der Waals surface area contributed by atoms with Gasteiger partial charge in [-0.2, -0.15) is 0 Å². The first-order chi connectivity index (χ1) is 9.13. The molecule has 2 aromatic rings. The first-order valence-electron chi connectivity index (χ1n) is 5.73. The lowest BCUT2D eigenvalue weighted by atomic mass is 10.2. The summed E-state index contributed by atoms with van der Waals surface area (Å²) in [6, 6.07) is 9.76. The van der Waals surface area contributed by atoms with Crippen LogP contribution in [0.1, 0.15) is 11.1 Å². The number of hydrogen-bond acceptors (Lipinski definition) is 3. The maximum Gasteiger partial charge on any atom is 0.128 e. The van der Waals surface area contributed by atoms with E-state index in [9.17, 15) is 10.2 Å². The van der Waals surface area contributed by atoms with Gasteiger partial charge in [0.15, 0.2) is 0 Å². The van der Waals surface area contributed by atoms with Crippen LogP contribution in [0.5, 0.6) is 23.0 Å². The van der Waals surface area contributed by atoms with Gasteiger partial charge in [0.25, 0.3) is 0 Å². The third-order valence-corrected chi connectivity index (χ3v) is 2.67. The predicted octanol–water partition coefficient (Wildman–Crippen LogP) is 4.18. The number of phenolic OH excluding ortho intramolecular Hbond substituents is 2. The fourth-order valence-electron chi connectivity index (χ4n) is 1.66. The smallest absolute Gasteiger partial charge is 0.128 e.